The molecule has 198 valence electrons. The van der Waals surface area contributed by atoms with E-state index < -0.39 is 10.0 Å². The van der Waals surface area contributed by atoms with Crippen LogP contribution in [0.5, 0.6) is 5.88 Å². The average Bonchev–Trinajstić information content (AvgIpc) is 3.51. The number of hydrogen-bond acceptors (Lipinski definition) is 8. The lowest BCUT2D eigenvalue weighted by atomic mass is 10.00. The van der Waals surface area contributed by atoms with Crippen molar-refractivity contribution >= 4 is 21.9 Å². The van der Waals surface area contributed by atoms with E-state index in [4.69, 9.17) is 9.15 Å². The Hall–Kier alpha value is -4.19. The minimum absolute atomic E-state index is 0.00811. The summed E-state index contributed by atoms with van der Waals surface area (Å²) in [7, 11) is -2.34. The third-order valence-electron chi connectivity index (χ3n) is 6.31. The summed E-state index contributed by atoms with van der Waals surface area (Å²) in [6.45, 7) is 4.75. The summed E-state index contributed by atoms with van der Waals surface area (Å²) in [6, 6.07) is 11.2. The van der Waals surface area contributed by atoms with E-state index in [2.05, 4.69) is 19.8 Å². The summed E-state index contributed by atoms with van der Waals surface area (Å²) in [4.78, 5) is 23.0. The topological polar surface area (TPSA) is 132 Å². The van der Waals surface area contributed by atoms with Crippen LogP contribution in [0, 0.1) is 13.8 Å². The fourth-order valence-electron chi connectivity index (χ4n) is 4.32. The zero-order valence-electron chi connectivity index (χ0n) is 21.3. The van der Waals surface area contributed by atoms with Crippen LogP contribution in [0.3, 0.4) is 0 Å². The molecule has 0 atom stereocenters. The van der Waals surface area contributed by atoms with Gasteiger partial charge in [0.05, 0.1) is 31.2 Å². The summed E-state index contributed by atoms with van der Waals surface area (Å²) >= 11 is 0. The fourth-order valence-corrected chi connectivity index (χ4v) is 5.25. The second kappa shape index (κ2) is 10.3. The summed E-state index contributed by atoms with van der Waals surface area (Å²) in [5, 5.41) is 3.93. The second-order valence-electron chi connectivity index (χ2n) is 9.25. The van der Waals surface area contributed by atoms with Gasteiger partial charge in [-0.1, -0.05) is 18.2 Å². The van der Waals surface area contributed by atoms with Crippen LogP contribution in [0.4, 0.5) is 5.95 Å². The Bertz CT molecular complexity index is 1540. The lowest BCUT2D eigenvalue weighted by molar-refractivity contribution is -0.140. The standard InChI is InChI=1S/C26H28N6O5S/c1-17-6-4-7-18(2)25(17)22-12-23(29-26(28-22)30-38(34,35)21-13-27-31(3)16-21)37-20-14-32(15-20)24(33)10-9-19-8-5-11-36-19/h4-8,11-13,16,20H,9-10,14-15H2,1-3H3,(H,28,29,30). The highest BCUT2D eigenvalue weighted by Crippen LogP contribution is 2.30. The van der Waals surface area contributed by atoms with E-state index in [9.17, 15) is 13.2 Å². The lowest BCUT2D eigenvalue weighted by Crippen LogP contribution is -2.56. The highest BCUT2D eigenvalue weighted by atomic mass is 32.2. The average molecular weight is 537 g/mol. The van der Waals surface area contributed by atoms with Gasteiger partial charge in [0.2, 0.25) is 17.7 Å². The number of rotatable bonds is 9. The molecule has 1 aromatic carbocycles. The first-order valence-electron chi connectivity index (χ1n) is 12.1. The van der Waals surface area contributed by atoms with E-state index in [1.807, 2.05) is 38.1 Å². The van der Waals surface area contributed by atoms with Crippen molar-refractivity contribution < 1.29 is 22.4 Å². The minimum atomic E-state index is -3.97. The summed E-state index contributed by atoms with van der Waals surface area (Å²) < 4.78 is 41.1. The Labute approximate surface area is 220 Å². The van der Waals surface area contributed by atoms with Crippen LogP contribution in [-0.4, -0.2) is 58.2 Å². The quantitative estimate of drug-likeness (QED) is 0.345. The first-order valence-corrected chi connectivity index (χ1v) is 13.6. The van der Waals surface area contributed by atoms with Crippen LogP contribution in [0.25, 0.3) is 11.3 Å². The SMILES string of the molecule is Cc1cccc(C)c1-c1cc(OC2CN(C(=O)CCc3ccco3)C2)nc(NS(=O)(=O)c2cnn(C)c2)n1. The van der Waals surface area contributed by atoms with E-state index in [0.717, 1.165) is 22.5 Å². The molecule has 1 amide bonds. The molecule has 1 aliphatic rings. The minimum Gasteiger partial charge on any atom is -0.470 e. The van der Waals surface area contributed by atoms with Gasteiger partial charge in [0.1, 0.15) is 16.8 Å². The first-order chi connectivity index (χ1) is 18.2. The lowest BCUT2D eigenvalue weighted by Gasteiger charge is -2.38. The van der Waals surface area contributed by atoms with Crippen LogP contribution in [0.2, 0.25) is 0 Å². The van der Waals surface area contributed by atoms with Crippen molar-refractivity contribution in [1.29, 1.82) is 0 Å². The molecule has 38 heavy (non-hydrogen) atoms. The van der Waals surface area contributed by atoms with Crippen molar-refractivity contribution in [3.8, 4) is 17.1 Å². The maximum absolute atomic E-state index is 12.9. The van der Waals surface area contributed by atoms with Crippen molar-refractivity contribution in [2.45, 2.75) is 37.7 Å². The molecular weight excluding hydrogens is 508 g/mol. The highest BCUT2D eigenvalue weighted by Gasteiger charge is 2.32. The molecule has 4 heterocycles. The number of nitrogens with one attached hydrogen (secondary N) is 1. The van der Waals surface area contributed by atoms with E-state index >= 15 is 0 Å². The van der Waals surface area contributed by atoms with Gasteiger partial charge >= 0.3 is 0 Å². The molecule has 3 aromatic heterocycles. The van der Waals surface area contributed by atoms with Gasteiger partial charge in [0.15, 0.2) is 0 Å². The van der Waals surface area contributed by atoms with Crippen molar-refractivity contribution in [2.75, 3.05) is 17.8 Å². The van der Waals surface area contributed by atoms with Crippen LogP contribution >= 0.6 is 0 Å². The third-order valence-corrected chi connectivity index (χ3v) is 7.59. The van der Waals surface area contributed by atoms with Crippen LogP contribution in [0.1, 0.15) is 23.3 Å². The maximum atomic E-state index is 12.9. The van der Waals surface area contributed by atoms with Gasteiger partial charge in [-0.3, -0.25) is 9.48 Å². The van der Waals surface area contributed by atoms with Gasteiger partial charge in [0, 0.05) is 37.7 Å². The van der Waals surface area contributed by atoms with Gasteiger partial charge in [-0.05, 0) is 37.1 Å². The molecule has 1 saturated heterocycles. The molecule has 12 heteroatoms. The number of sulfonamides is 1. The van der Waals surface area contributed by atoms with Crippen molar-refractivity contribution in [3.05, 3.63) is 71.9 Å². The van der Waals surface area contributed by atoms with E-state index in [1.165, 1.54) is 17.1 Å². The Morgan fingerprint density at radius 2 is 1.92 bits per heavy atom. The monoisotopic (exact) mass is 536 g/mol. The number of furan rings is 1. The number of benzene rings is 1. The molecule has 0 saturated carbocycles. The van der Waals surface area contributed by atoms with Crippen LogP contribution < -0.4 is 9.46 Å². The smallest absolute Gasteiger partial charge is 0.267 e. The maximum Gasteiger partial charge on any atom is 0.267 e. The Morgan fingerprint density at radius 1 is 1.16 bits per heavy atom. The van der Waals surface area contributed by atoms with Gasteiger partial charge in [-0.2, -0.15) is 10.1 Å². The number of nitrogens with zero attached hydrogens (tertiary/aromatic N) is 5. The zero-order chi connectivity index (χ0) is 26.9. The Balaban J connectivity index is 1.34. The summed E-state index contributed by atoms with van der Waals surface area (Å²) in [6.07, 6.45) is 4.85. The predicted octanol–water partition coefficient (Wildman–Crippen LogP) is 3.11. The normalized spacial score (nSPS) is 13.8. The fraction of sp³-hybridized carbons (Fsp3) is 0.308. The summed E-state index contributed by atoms with van der Waals surface area (Å²) in [5.41, 5.74) is 3.35. The first kappa shape index (κ1) is 25.5. The molecule has 0 aliphatic carbocycles. The molecule has 0 bridgehead atoms. The van der Waals surface area contributed by atoms with Gasteiger partial charge in [0.25, 0.3) is 10.0 Å². The zero-order valence-corrected chi connectivity index (χ0v) is 22.1. The number of aryl methyl sites for hydroxylation is 4. The van der Waals surface area contributed by atoms with Gasteiger partial charge in [-0.15, -0.1) is 0 Å². The molecule has 0 radical (unpaired) electrons. The molecule has 1 N–H and O–H groups in total. The largest absolute Gasteiger partial charge is 0.470 e. The molecule has 1 fully saturated rings. The number of ether oxygens (including phenoxy) is 1. The highest BCUT2D eigenvalue weighted by molar-refractivity contribution is 7.92. The van der Waals surface area contributed by atoms with Crippen molar-refractivity contribution in [1.82, 2.24) is 24.6 Å². The number of amides is 1. The van der Waals surface area contributed by atoms with Crippen molar-refractivity contribution in [3.63, 3.8) is 0 Å². The molecule has 5 rings (SSSR count). The number of aromatic nitrogens is 4. The molecule has 0 unspecified atom stereocenters. The van der Waals surface area contributed by atoms with E-state index in [1.54, 1.807) is 30.3 Å². The van der Waals surface area contributed by atoms with Crippen molar-refractivity contribution in [2.24, 2.45) is 7.05 Å². The molecule has 1 aliphatic heterocycles. The van der Waals surface area contributed by atoms with Gasteiger partial charge < -0.3 is 14.1 Å². The number of anilines is 1. The molecule has 11 nitrogen and oxygen atoms in total. The molecular formula is C26H28N6O5S. The molecule has 4 aromatic rings. The van der Waals surface area contributed by atoms with E-state index in [0.29, 0.717) is 31.6 Å². The van der Waals surface area contributed by atoms with Gasteiger partial charge in [-0.25, -0.2) is 18.1 Å². The third kappa shape index (κ3) is 5.54. The summed E-state index contributed by atoms with van der Waals surface area (Å²) in [5.74, 6) is 0.891. The number of carbonyl (C=O) groups is 1. The van der Waals surface area contributed by atoms with Crippen LogP contribution in [-0.2, 0) is 28.3 Å². The number of carbonyl (C=O) groups excluding carboxylic acids is 1. The van der Waals surface area contributed by atoms with E-state index in [-0.39, 0.29) is 28.7 Å². The Morgan fingerprint density at radius 3 is 2.58 bits per heavy atom. The van der Waals surface area contributed by atoms with Crippen LogP contribution in [0.15, 0.2) is 64.4 Å². The number of hydrogen-bond donors (Lipinski definition) is 1. The predicted molar refractivity (Wildman–Crippen MR) is 139 cm³/mol. The second-order valence-corrected chi connectivity index (χ2v) is 10.9. The molecule has 0 spiro atoms. The Kier molecular flexibility index (Phi) is 6.89. The number of likely N-dealkylation sites (tertiary alicyclic amines) is 1.